The first-order valence-electron chi connectivity index (χ1n) is 9.32. The van der Waals surface area contributed by atoms with E-state index in [1.165, 1.54) is 0 Å². The highest BCUT2D eigenvalue weighted by molar-refractivity contribution is 7.12. The highest BCUT2D eigenvalue weighted by atomic mass is 32.1. The molecule has 0 spiro atoms. The van der Waals surface area contributed by atoms with Crippen molar-refractivity contribution < 1.29 is 14.4 Å². The number of Topliss-reactive ketones (excluding diaryl/α,β-unsaturated/α-hetero) is 1. The monoisotopic (exact) mass is 377 g/mol. The van der Waals surface area contributed by atoms with Crippen molar-refractivity contribution in [1.29, 1.82) is 0 Å². The molecule has 2 amide bonds. The van der Waals surface area contributed by atoms with Crippen LogP contribution in [-0.2, 0) is 9.59 Å². The van der Waals surface area contributed by atoms with Crippen LogP contribution in [0.5, 0.6) is 0 Å². The Bertz CT molecular complexity index is 688. The van der Waals surface area contributed by atoms with Crippen molar-refractivity contribution >= 4 is 28.9 Å². The summed E-state index contributed by atoms with van der Waals surface area (Å²) in [7, 11) is 0. The van der Waals surface area contributed by atoms with Crippen molar-refractivity contribution in [2.45, 2.75) is 45.6 Å². The second-order valence-corrected chi connectivity index (χ2v) is 8.71. The summed E-state index contributed by atoms with van der Waals surface area (Å²) < 4.78 is 0. The number of hydrogen-bond acceptors (Lipinski definition) is 5. The summed E-state index contributed by atoms with van der Waals surface area (Å²) in [5.74, 6) is 0.167. The molecule has 0 aromatic carbocycles. The van der Waals surface area contributed by atoms with Gasteiger partial charge in [-0.1, -0.05) is 0 Å². The van der Waals surface area contributed by atoms with Crippen LogP contribution in [0.1, 0.15) is 45.8 Å². The number of hydrogen-bond donors (Lipinski definition) is 1. The summed E-state index contributed by atoms with van der Waals surface area (Å²) in [6, 6.07) is 2.30. The number of ketones is 1. The molecule has 0 bridgehead atoms. The van der Waals surface area contributed by atoms with E-state index < -0.39 is 0 Å². The van der Waals surface area contributed by atoms with Crippen molar-refractivity contribution in [1.82, 2.24) is 15.1 Å². The van der Waals surface area contributed by atoms with Crippen molar-refractivity contribution in [3.63, 3.8) is 0 Å². The van der Waals surface area contributed by atoms with Gasteiger partial charge in [-0.25, -0.2) is 0 Å². The molecular formula is C19H27N3O3S. The van der Waals surface area contributed by atoms with Gasteiger partial charge in [0.15, 0.2) is 5.78 Å². The number of amides is 2. The average molecular weight is 378 g/mol. The van der Waals surface area contributed by atoms with E-state index in [1.807, 2.05) is 24.8 Å². The molecule has 0 atom stereocenters. The number of carbonyl (C=O) groups excluding carboxylic acids is 3. The molecule has 0 radical (unpaired) electrons. The van der Waals surface area contributed by atoms with Gasteiger partial charge in [0.05, 0.1) is 6.54 Å². The van der Waals surface area contributed by atoms with Gasteiger partial charge in [-0.15, -0.1) is 11.3 Å². The van der Waals surface area contributed by atoms with Crippen molar-refractivity contribution in [3.8, 4) is 0 Å². The second-order valence-electron chi connectivity index (χ2n) is 7.25. The minimum atomic E-state index is 0.0324. The van der Waals surface area contributed by atoms with Gasteiger partial charge >= 0.3 is 0 Å². The Morgan fingerprint density at radius 1 is 1.12 bits per heavy atom. The average Bonchev–Trinajstić information content (AvgIpc) is 3.34. The van der Waals surface area contributed by atoms with Crippen molar-refractivity contribution in [3.05, 3.63) is 21.4 Å². The maximum Gasteiger partial charge on any atom is 0.234 e. The van der Waals surface area contributed by atoms with Crippen LogP contribution in [0.3, 0.4) is 0 Å². The van der Waals surface area contributed by atoms with E-state index in [0.717, 1.165) is 28.2 Å². The maximum absolute atomic E-state index is 12.4. The SMILES string of the molecule is Cc1cc(C(=O)CCC(=O)N2CCN(CC(=O)NC3CC3)CC2)c(C)s1. The largest absolute Gasteiger partial charge is 0.352 e. The van der Waals surface area contributed by atoms with E-state index in [9.17, 15) is 14.4 Å². The zero-order valence-corrected chi connectivity index (χ0v) is 16.4. The summed E-state index contributed by atoms with van der Waals surface area (Å²) in [6.45, 7) is 7.02. The van der Waals surface area contributed by atoms with Gasteiger partial charge in [-0.2, -0.15) is 0 Å². The number of rotatable bonds is 7. The minimum Gasteiger partial charge on any atom is -0.352 e. The van der Waals surface area contributed by atoms with Crippen LogP contribution in [-0.4, -0.2) is 66.2 Å². The Labute approximate surface area is 158 Å². The summed E-state index contributed by atoms with van der Waals surface area (Å²) >= 11 is 1.62. The molecule has 1 saturated carbocycles. The highest BCUT2D eigenvalue weighted by Crippen LogP contribution is 2.22. The van der Waals surface area contributed by atoms with E-state index in [2.05, 4.69) is 10.2 Å². The summed E-state index contributed by atoms with van der Waals surface area (Å²) in [6.07, 6.45) is 2.71. The topological polar surface area (TPSA) is 69.7 Å². The molecule has 3 rings (SSSR count). The van der Waals surface area contributed by atoms with Crippen LogP contribution >= 0.6 is 11.3 Å². The molecular weight excluding hydrogens is 350 g/mol. The van der Waals surface area contributed by atoms with Gasteiger partial charge < -0.3 is 10.2 Å². The van der Waals surface area contributed by atoms with Crippen LogP contribution in [0.25, 0.3) is 0 Å². The first-order chi connectivity index (χ1) is 12.4. The zero-order valence-electron chi connectivity index (χ0n) is 15.5. The van der Waals surface area contributed by atoms with Gasteiger partial charge in [-0.05, 0) is 32.8 Å². The fourth-order valence-corrected chi connectivity index (χ4v) is 4.22. The van der Waals surface area contributed by atoms with Crippen LogP contribution in [0.4, 0.5) is 0 Å². The summed E-state index contributed by atoms with van der Waals surface area (Å²) in [5.41, 5.74) is 0.756. The number of nitrogens with zero attached hydrogens (tertiary/aromatic N) is 2. The van der Waals surface area contributed by atoms with E-state index in [4.69, 9.17) is 0 Å². The van der Waals surface area contributed by atoms with Gasteiger partial charge in [-0.3, -0.25) is 19.3 Å². The molecule has 2 heterocycles. The van der Waals surface area contributed by atoms with E-state index >= 15 is 0 Å². The lowest BCUT2D eigenvalue weighted by Gasteiger charge is -2.34. The fourth-order valence-electron chi connectivity index (χ4n) is 3.28. The lowest BCUT2D eigenvalue weighted by Crippen LogP contribution is -2.51. The van der Waals surface area contributed by atoms with Crippen LogP contribution < -0.4 is 5.32 Å². The first kappa shape index (κ1) is 19.0. The lowest BCUT2D eigenvalue weighted by molar-refractivity contribution is -0.133. The fraction of sp³-hybridized carbons (Fsp3) is 0.632. The van der Waals surface area contributed by atoms with Gasteiger partial charge in [0.25, 0.3) is 0 Å². The number of carbonyl (C=O) groups is 3. The highest BCUT2D eigenvalue weighted by Gasteiger charge is 2.26. The number of aryl methyl sites for hydroxylation is 2. The van der Waals surface area contributed by atoms with Crippen LogP contribution in [0, 0.1) is 13.8 Å². The third-order valence-corrected chi connectivity index (χ3v) is 5.91. The normalized spacial score (nSPS) is 18.0. The zero-order chi connectivity index (χ0) is 18.7. The lowest BCUT2D eigenvalue weighted by atomic mass is 10.1. The molecule has 7 heteroatoms. The van der Waals surface area contributed by atoms with Gasteiger partial charge in [0.1, 0.15) is 0 Å². The van der Waals surface area contributed by atoms with E-state index in [0.29, 0.717) is 38.8 Å². The quantitative estimate of drug-likeness (QED) is 0.735. The molecule has 6 nitrogen and oxygen atoms in total. The van der Waals surface area contributed by atoms with Crippen molar-refractivity contribution in [2.75, 3.05) is 32.7 Å². The Hall–Kier alpha value is -1.73. The second kappa shape index (κ2) is 8.31. The number of nitrogens with one attached hydrogen (secondary N) is 1. The van der Waals surface area contributed by atoms with Crippen LogP contribution in [0.2, 0.25) is 0 Å². The smallest absolute Gasteiger partial charge is 0.234 e. The van der Waals surface area contributed by atoms with E-state index in [1.54, 1.807) is 11.3 Å². The summed E-state index contributed by atoms with van der Waals surface area (Å²) in [4.78, 5) is 42.6. The molecule has 1 aliphatic carbocycles. The van der Waals surface area contributed by atoms with Gasteiger partial charge in [0.2, 0.25) is 11.8 Å². The molecule has 1 aromatic rings. The molecule has 1 saturated heterocycles. The molecule has 26 heavy (non-hydrogen) atoms. The molecule has 1 N–H and O–H groups in total. The van der Waals surface area contributed by atoms with Crippen LogP contribution in [0.15, 0.2) is 6.07 Å². The minimum absolute atomic E-state index is 0.0324. The first-order valence-corrected chi connectivity index (χ1v) is 10.1. The third kappa shape index (κ3) is 5.14. The molecule has 0 unspecified atom stereocenters. The Balaban J connectivity index is 1.38. The molecule has 2 fully saturated rings. The molecule has 142 valence electrons. The molecule has 1 aliphatic heterocycles. The number of piperazine rings is 1. The Morgan fingerprint density at radius 2 is 1.81 bits per heavy atom. The standard InChI is InChI=1S/C19H27N3O3S/c1-13-11-16(14(2)26-13)17(23)5-6-19(25)22-9-7-21(8-10-22)12-18(24)20-15-3-4-15/h11,15H,3-10,12H2,1-2H3,(H,20,24). The molecule has 2 aliphatic rings. The Kier molecular flexibility index (Phi) is 6.09. The van der Waals surface area contributed by atoms with E-state index in [-0.39, 0.29) is 30.4 Å². The predicted octanol–water partition coefficient (Wildman–Crippen LogP) is 1.75. The third-order valence-electron chi connectivity index (χ3n) is 4.94. The molecule has 1 aromatic heterocycles. The number of thiophene rings is 1. The van der Waals surface area contributed by atoms with Gasteiger partial charge in [0, 0.05) is 60.4 Å². The Morgan fingerprint density at radius 3 is 2.38 bits per heavy atom. The summed E-state index contributed by atoms with van der Waals surface area (Å²) in [5, 5.41) is 2.99. The maximum atomic E-state index is 12.4. The predicted molar refractivity (Wildman–Crippen MR) is 102 cm³/mol. The van der Waals surface area contributed by atoms with Crippen molar-refractivity contribution in [2.24, 2.45) is 0 Å².